The summed E-state index contributed by atoms with van der Waals surface area (Å²) >= 11 is 0. The van der Waals surface area contributed by atoms with Gasteiger partial charge in [-0.2, -0.15) is 5.26 Å². The van der Waals surface area contributed by atoms with Crippen molar-refractivity contribution in [2.24, 2.45) is 5.92 Å². The third kappa shape index (κ3) is 2.95. The molecular formula is C17H20FNO. The maximum Gasteiger partial charge on any atom is 0.144 e. The van der Waals surface area contributed by atoms with Gasteiger partial charge in [-0.25, -0.2) is 4.39 Å². The first-order valence-electron chi connectivity index (χ1n) is 7.64. The Kier molecular flexibility index (Phi) is 3.91. The molecule has 0 aliphatic heterocycles. The first-order valence-corrected chi connectivity index (χ1v) is 7.64. The SMILES string of the molecule is N#Cc1cc(C2CC2)c(OCC2CCCCC2)cc1F. The summed E-state index contributed by atoms with van der Waals surface area (Å²) in [6, 6.07) is 5.02. The van der Waals surface area contributed by atoms with Crippen LogP contribution in [0.5, 0.6) is 5.75 Å². The van der Waals surface area contributed by atoms with Crippen LogP contribution in [0, 0.1) is 23.1 Å². The standard InChI is InChI=1S/C17H20FNO/c18-16-9-17(20-11-12-4-2-1-3-5-12)15(13-6-7-13)8-14(16)10-19/h8-9,12-13H,1-7,11H2. The van der Waals surface area contributed by atoms with E-state index >= 15 is 0 Å². The van der Waals surface area contributed by atoms with Crippen molar-refractivity contribution in [3.05, 3.63) is 29.1 Å². The molecule has 2 fully saturated rings. The van der Waals surface area contributed by atoms with Crippen LogP contribution in [0.25, 0.3) is 0 Å². The van der Waals surface area contributed by atoms with E-state index in [1.807, 2.05) is 6.07 Å². The van der Waals surface area contributed by atoms with Crippen molar-refractivity contribution in [1.82, 2.24) is 0 Å². The van der Waals surface area contributed by atoms with Gasteiger partial charge in [-0.3, -0.25) is 0 Å². The molecule has 0 bridgehead atoms. The van der Waals surface area contributed by atoms with Gasteiger partial charge in [0, 0.05) is 6.07 Å². The summed E-state index contributed by atoms with van der Waals surface area (Å²) in [4.78, 5) is 0. The van der Waals surface area contributed by atoms with E-state index in [-0.39, 0.29) is 5.56 Å². The molecule has 20 heavy (non-hydrogen) atoms. The molecule has 0 heterocycles. The van der Waals surface area contributed by atoms with E-state index in [2.05, 4.69) is 0 Å². The van der Waals surface area contributed by atoms with Crippen molar-refractivity contribution in [3.8, 4) is 11.8 Å². The fraction of sp³-hybridized carbons (Fsp3) is 0.588. The number of hydrogen-bond acceptors (Lipinski definition) is 2. The minimum absolute atomic E-state index is 0.136. The second-order valence-corrected chi connectivity index (χ2v) is 6.07. The smallest absolute Gasteiger partial charge is 0.144 e. The van der Waals surface area contributed by atoms with Crippen LogP contribution in [-0.4, -0.2) is 6.61 Å². The minimum Gasteiger partial charge on any atom is -0.493 e. The maximum absolute atomic E-state index is 13.8. The summed E-state index contributed by atoms with van der Waals surface area (Å²) in [7, 11) is 0. The Hall–Kier alpha value is -1.56. The number of benzene rings is 1. The average molecular weight is 273 g/mol. The molecule has 0 radical (unpaired) electrons. The Balaban J connectivity index is 1.74. The van der Waals surface area contributed by atoms with E-state index in [0.29, 0.717) is 24.2 Å². The molecule has 0 spiro atoms. The van der Waals surface area contributed by atoms with Gasteiger partial charge in [0.05, 0.1) is 12.2 Å². The Morgan fingerprint density at radius 3 is 2.55 bits per heavy atom. The van der Waals surface area contributed by atoms with Gasteiger partial charge < -0.3 is 4.74 Å². The molecule has 2 saturated carbocycles. The van der Waals surface area contributed by atoms with Crippen molar-refractivity contribution in [2.75, 3.05) is 6.61 Å². The van der Waals surface area contributed by atoms with E-state index < -0.39 is 5.82 Å². The Bertz CT molecular complexity index is 525. The molecule has 0 saturated heterocycles. The van der Waals surface area contributed by atoms with Crippen LogP contribution in [0.3, 0.4) is 0 Å². The summed E-state index contributed by atoms with van der Waals surface area (Å²) in [5, 5.41) is 8.94. The summed E-state index contributed by atoms with van der Waals surface area (Å²) in [5.74, 6) is 1.27. The van der Waals surface area contributed by atoms with Gasteiger partial charge in [0.25, 0.3) is 0 Å². The second kappa shape index (κ2) is 5.83. The highest BCUT2D eigenvalue weighted by molar-refractivity contribution is 5.46. The molecule has 1 aromatic rings. The Labute approximate surface area is 119 Å². The van der Waals surface area contributed by atoms with E-state index in [4.69, 9.17) is 10.00 Å². The molecule has 3 rings (SSSR count). The van der Waals surface area contributed by atoms with Crippen LogP contribution < -0.4 is 4.74 Å². The van der Waals surface area contributed by atoms with Crippen LogP contribution >= 0.6 is 0 Å². The quantitative estimate of drug-likeness (QED) is 0.807. The predicted molar refractivity (Wildman–Crippen MR) is 75.2 cm³/mol. The lowest BCUT2D eigenvalue weighted by molar-refractivity contribution is 0.207. The second-order valence-electron chi connectivity index (χ2n) is 6.07. The maximum atomic E-state index is 13.8. The summed E-state index contributed by atoms with van der Waals surface area (Å²) in [5.41, 5.74) is 1.16. The van der Waals surface area contributed by atoms with Gasteiger partial charge in [-0.1, -0.05) is 19.3 Å². The molecule has 2 aliphatic rings. The van der Waals surface area contributed by atoms with Gasteiger partial charge >= 0.3 is 0 Å². The van der Waals surface area contributed by atoms with Crippen molar-refractivity contribution in [3.63, 3.8) is 0 Å². The lowest BCUT2D eigenvalue weighted by Crippen LogP contribution is -2.16. The number of nitrogens with zero attached hydrogens (tertiary/aromatic N) is 1. The van der Waals surface area contributed by atoms with Crippen molar-refractivity contribution in [2.45, 2.75) is 50.9 Å². The molecule has 0 N–H and O–H groups in total. The Morgan fingerprint density at radius 1 is 1.15 bits per heavy atom. The molecule has 0 aromatic heterocycles. The largest absolute Gasteiger partial charge is 0.493 e. The Morgan fingerprint density at radius 2 is 1.90 bits per heavy atom. The first kappa shape index (κ1) is 13.4. The zero-order valence-electron chi connectivity index (χ0n) is 11.7. The molecular weight excluding hydrogens is 253 g/mol. The topological polar surface area (TPSA) is 33.0 Å². The van der Waals surface area contributed by atoms with Gasteiger partial charge in [-0.05, 0) is 49.1 Å². The summed E-state index contributed by atoms with van der Waals surface area (Å²) in [6.45, 7) is 0.686. The van der Waals surface area contributed by atoms with E-state index in [1.165, 1.54) is 38.2 Å². The van der Waals surface area contributed by atoms with Crippen molar-refractivity contribution in [1.29, 1.82) is 5.26 Å². The lowest BCUT2D eigenvalue weighted by Gasteiger charge is -2.22. The van der Waals surface area contributed by atoms with Gasteiger partial charge in [-0.15, -0.1) is 0 Å². The van der Waals surface area contributed by atoms with Crippen LogP contribution in [0.2, 0.25) is 0 Å². The molecule has 0 unspecified atom stereocenters. The monoisotopic (exact) mass is 273 g/mol. The first-order chi connectivity index (χ1) is 9.78. The fourth-order valence-electron chi connectivity index (χ4n) is 3.06. The summed E-state index contributed by atoms with van der Waals surface area (Å²) in [6.07, 6.45) is 8.58. The molecule has 2 nitrogen and oxygen atoms in total. The highest BCUT2D eigenvalue weighted by Crippen LogP contribution is 2.45. The molecule has 0 atom stereocenters. The molecule has 0 amide bonds. The van der Waals surface area contributed by atoms with Gasteiger partial charge in [0.1, 0.15) is 17.6 Å². The highest BCUT2D eigenvalue weighted by atomic mass is 19.1. The van der Waals surface area contributed by atoms with E-state index in [0.717, 1.165) is 18.4 Å². The fourth-order valence-corrected chi connectivity index (χ4v) is 3.06. The lowest BCUT2D eigenvalue weighted by atomic mass is 9.90. The predicted octanol–water partition coefficient (Wildman–Crippen LogP) is 4.53. The third-order valence-electron chi connectivity index (χ3n) is 4.44. The highest BCUT2D eigenvalue weighted by Gasteiger charge is 2.28. The minimum atomic E-state index is -0.462. The zero-order chi connectivity index (χ0) is 13.9. The van der Waals surface area contributed by atoms with Crippen molar-refractivity contribution < 1.29 is 9.13 Å². The summed E-state index contributed by atoms with van der Waals surface area (Å²) < 4.78 is 19.7. The van der Waals surface area contributed by atoms with E-state index in [1.54, 1.807) is 6.07 Å². The third-order valence-corrected chi connectivity index (χ3v) is 4.44. The molecule has 2 aliphatic carbocycles. The van der Waals surface area contributed by atoms with Gasteiger partial charge in [0.15, 0.2) is 0 Å². The van der Waals surface area contributed by atoms with E-state index in [9.17, 15) is 4.39 Å². The molecule has 1 aromatic carbocycles. The number of rotatable bonds is 4. The zero-order valence-corrected chi connectivity index (χ0v) is 11.7. The molecule has 3 heteroatoms. The molecule has 106 valence electrons. The van der Waals surface area contributed by atoms with Crippen LogP contribution in [0.4, 0.5) is 4.39 Å². The normalized spacial score (nSPS) is 19.6. The van der Waals surface area contributed by atoms with Crippen LogP contribution in [0.1, 0.15) is 62.0 Å². The number of ether oxygens (including phenoxy) is 1. The average Bonchev–Trinajstić information content (AvgIpc) is 3.31. The van der Waals surface area contributed by atoms with Crippen LogP contribution in [0.15, 0.2) is 12.1 Å². The van der Waals surface area contributed by atoms with Crippen molar-refractivity contribution >= 4 is 0 Å². The number of hydrogen-bond donors (Lipinski definition) is 0. The number of halogens is 1. The number of nitriles is 1. The van der Waals surface area contributed by atoms with Crippen LogP contribution in [-0.2, 0) is 0 Å². The van der Waals surface area contributed by atoms with Gasteiger partial charge in [0.2, 0.25) is 0 Å².